The molecule has 0 fully saturated rings. The Labute approximate surface area is 157 Å². The summed E-state index contributed by atoms with van der Waals surface area (Å²) in [6.07, 6.45) is -10.1. The van der Waals surface area contributed by atoms with Gasteiger partial charge < -0.3 is 0 Å². The summed E-state index contributed by atoms with van der Waals surface area (Å²) in [5, 5.41) is -0.723. The minimum absolute atomic E-state index is 0.130. The summed E-state index contributed by atoms with van der Waals surface area (Å²) in [6, 6.07) is 4.27. The van der Waals surface area contributed by atoms with Crippen molar-refractivity contribution in [2.45, 2.75) is 18.0 Å². The molecule has 0 saturated carbocycles. The van der Waals surface area contributed by atoms with Crippen LogP contribution in [0.4, 0.5) is 30.7 Å². The van der Waals surface area contributed by atoms with Gasteiger partial charge in [0.25, 0.3) is 0 Å². The molecule has 2 aliphatic heterocycles. The van der Waals surface area contributed by atoms with Crippen molar-refractivity contribution in [1.82, 2.24) is 4.90 Å². The molecule has 12 heteroatoms. The van der Waals surface area contributed by atoms with Crippen molar-refractivity contribution in [2.24, 2.45) is 9.98 Å². The van der Waals surface area contributed by atoms with Gasteiger partial charge in [0.1, 0.15) is 11.7 Å². The number of alkyl halides is 6. The Balaban J connectivity index is 2.38. The highest BCUT2D eigenvalue weighted by molar-refractivity contribution is 6.47. The molecule has 0 radical (unpaired) electrons. The first-order valence-corrected chi connectivity index (χ1v) is 7.75. The van der Waals surface area contributed by atoms with Crippen LogP contribution in [-0.4, -0.2) is 34.6 Å². The van der Waals surface area contributed by atoms with Gasteiger partial charge >= 0.3 is 18.0 Å². The molecule has 1 aromatic rings. The van der Waals surface area contributed by atoms with Crippen LogP contribution >= 0.6 is 23.2 Å². The Morgan fingerprint density at radius 3 is 2.00 bits per heavy atom. The van der Waals surface area contributed by atoms with E-state index in [9.17, 15) is 30.7 Å². The van der Waals surface area contributed by atoms with Gasteiger partial charge in [-0.15, -0.1) is 0 Å². The van der Waals surface area contributed by atoms with E-state index in [1.807, 2.05) is 0 Å². The van der Waals surface area contributed by atoms with Gasteiger partial charge in [-0.2, -0.15) is 26.3 Å². The van der Waals surface area contributed by atoms with Gasteiger partial charge in [-0.3, -0.25) is 4.90 Å². The Hall–Kier alpha value is -2.07. The molecular weight excluding hydrogens is 426 g/mol. The number of halogens is 9. The molecule has 0 saturated heterocycles. The smallest absolute Gasteiger partial charge is 0.283 e. The summed E-state index contributed by atoms with van der Waals surface area (Å²) in [5.74, 6) is -2.99. The van der Waals surface area contributed by atoms with Crippen LogP contribution in [0.1, 0.15) is 5.56 Å². The van der Waals surface area contributed by atoms with E-state index < -0.39 is 46.1 Å². The molecule has 0 atom stereocenters. The molecule has 2 heterocycles. The molecule has 144 valence electrons. The maximum Gasteiger partial charge on any atom is 0.443 e. The van der Waals surface area contributed by atoms with E-state index in [2.05, 4.69) is 9.98 Å². The topological polar surface area (TPSA) is 28.0 Å². The van der Waals surface area contributed by atoms with E-state index in [-0.39, 0.29) is 5.03 Å². The summed E-state index contributed by atoms with van der Waals surface area (Å²) >= 11 is 11.6. The van der Waals surface area contributed by atoms with Crippen LogP contribution in [0.2, 0.25) is 0 Å². The Bertz CT molecular complexity index is 899. The molecule has 0 N–H and O–H groups in total. The van der Waals surface area contributed by atoms with Crippen molar-refractivity contribution in [3.05, 3.63) is 58.0 Å². The zero-order chi connectivity index (χ0) is 20.2. The summed E-state index contributed by atoms with van der Waals surface area (Å²) in [7, 11) is 0. The van der Waals surface area contributed by atoms with Gasteiger partial charge in [-0.1, -0.05) is 35.3 Å². The predicted molar refractivity (Wildman–Crippen MR) is 84.9 cm³/mol. The number of fused-ring (bicyclic) bond motifs is 1. The van der Waals surface area contributed by atoms with E-state index in [1.54, 1.807) is 0 Å². The van der Waals surface area contributed by atoms with E-state index in [0.29, 0.717) is 4.90 Å². The van der Waals surface area contributed by atoms with Gasteiger partial charge in [-0.05, 0) is 18.2 Å². The molecule has 0 bridgehead atoms. The second-order valence-corrected chi connectivity index (χ2v) is 6.24. The maximum absolute atomic E-state index is 14.2. The fourth-order valence-electron chi connectivity index (χ4n) is 2.42. The fraction of sp³-hybridized carbons (Fsp3) is 0.200. The first-order valence-electron chi connectivity index (χ1n) is 6.99. The van der Waals surface area contributed by atoms with Gasteiger partial charge in [0.05, 0.1) is 15.6 Å². The molecule has 0 aliphatic carbocycles. The molecule has 0 aromatic heterocycles. The van der Waals surface area contributed by atoms with Crippen molar-refractivity contribution < 1.29 is 30.7 Å². The number of hydrogen-bond acceptors (Lipinski definition) is 3. The second-order valence-electron chi connectivity index (χ2n) is 5.39. The third-order valence-electron chi connectivity index (χ3n) is 3.63. The highest BCUT2D eigenvalue weighted by Crippen LogP contribution is 2.50. The summed E-state index contributed by atoms with van der Waals surface area (Å²) in [5.41, 5.74) is -5.47. The largest absolute Gasteiger partial charge is 0.443 e. The third kappa shape index (κ3) is 3.10. The number of hydrogen-bond donors (Lipinski definition) is 0. The van der Waals surface area contributed by atoms with Crippen molar-refractivity contribution in [1.29, 1.82) is 0 Å². The minimum Gasteiger partial charge on any atom is -0.283 e. The van der Waals surface area contributed by atoms with Gasteiger partial charge in [0, 0.05) is 6.20 Å². The van der Waals surface area contributed by atoms with Crippen molar-refractivity contribution >= 4 is 34.9 Å². The van der Waals surface area contributed by atoms with Crippen LogP contribution in [-0.2, 0) is 0 Å². The molecular formula is C15H6Cl2F7N3. The SMILES string of the molecule is Fc1ccccc1C1=NC(C(F)(F)F)(C(F)(F)F)N=C2C(Cl)=CC(Cl)=CN21. The van der Waals surface area contributed by atoms with Crippen molar-refractivity contribution in [2.75, 3.05) is 0 Å². The van der Waals surface area contributed by atoms with Crippen LogP contribution in [0.15, 0.2) is 56.6 Å². The Kier molecular flexibility index (Phi) is 4.54. The Morgan fingerprint density at radius 1 is 0.889 bits per heavy atom. The van der Waals surface area contributed by atoms with Gasteiger partial charge in [0.2, 0.25) is 0 Å². The summed E-state index contributed by atoms with van der Waals surface area (Å²) in [6.45, 7) is 0. The lowest BCUT2D eigenvalue weighted by Crippen LogP contribution is -2.59. The number of nitrogens with zero attached hydrogens (tertiary/aromatic N) is 3. The summed E-state index contributed by atoms with van der Waals surface area (Å²) < 4.78 is 95.1. The molecule has 1 aromatic carbocycles. The molecule has 3 nitrogen and oxygen atoms in total. The lowest BCUT2D eigenvalue weighted by atomic mass is 10.1. The van der Waals surface area contributed by atoms with E-state index in [4.69, 9.17) is 23.2 Å². The Morgan fingerprint density at radius 2 is 1.44 bits per heavy atom. The lowest BCUT2D eigenvalue weighted by Gasteiger charge is -2.39. The monoisotopic (exact) mass is 431 g/mol. The quantitative estimate of drug-likeness (QED) is 0.552. The molecule has 0 spiro atoms. The highest BCUT2D eigenvalue weighted by atomic mass is 35.5. The van der Waals surface area contributed by atoms with Crippen molar-refractivity contribution in [3.8, 4) is 0 Å². The number of benzene rings is 1. The van der Waals surface area contributed by atoms with Crippen LogP contribution in [0.5, 0.6) is 0 Å². The molecule has 0 unspecified atom stereocenters. The lowest BCUT2D eigenvalue weighted by molar-refractivity contribution is -0.292. The zero-order valence-corrected chi connectivity index (χ0v) is 14.2. The minimum atomic E-state index is -5.97. The van der Waals surface area contributed by atoms with Crippen LogP contribution < -0.4 is 0 Å². The molecule has 3 rings (SSSR count). The third-order valence-corrected chi connectivity index (χ3v) is 4.11. The average molecular weight is 432 g/mol. The number of amidine groups is 2. The summed E-state index contributed by atoms with van der Waals surface area (Å²) in [4.78, 5) is 6.27. The van der Waals surface area contributed by atoms with Crippen LogP contribution in [0, 0.1) is 5.82 Å². The fourth-order valence-corrected chi connectivity index (χ4v) is 2.94. The predicted octanol–water partition coefficient (Wildman–Crippen LogP) is 5.32. The van der Waals surface area contributed by atoms with Crippen LogP contribution in [0.3, 0.4) is 0 Å². The molecule has 2 aliphatic rings. The molecule has 0 amide bonds. The van der Waals surface area contributed by atoms with Gasteiger partial charge in [-0.25, -0.2) is 14.4 Å². The van der Waals surface area contributed by atoms with E-state index >= 15 is 0 Å². The number of allylic oxidation sites excluding steroid dienone is 2. The second kappa shape index (κ2) is 6.23. The highest BCUT2D eigenvalue weighted by Gasteiger charge is 2.74. The van der Waals surface area contributed by atoms with E-state index in [1.165, 1.54) is 12.1 Å². The van der Waals surface area contributed by atoms with Crippen LogP contribution in [0.25, 0.3) is 0 Å². The zero-order valence-electron chi connectivity index (χ0n) is 12.7. The average Bonchev–Trinajstić information content (AvgIpc) is 2.52. The number of rotatable bonds is 1. The maximum atomic E-state index is 14.2. The first-order chi connectivity index (χ1) is 12.4. The van der Waals surface area contributed by atoms with Gasteiger partial charge in [0.15, 0.2) is 5.84 Å². The van der Waals surface area contributed by atoms with Crippen molar-refractivity contribution in [3.63, 3.8) is 0 Å². The molecule has 27 heavy (non-hydrogen) atoms. The first kappa shape index (κ1) is 19.7. The normalized spacial score (nSPS) is 19.7. The van der Waals surface area contributed by atoms with E-state index in [0.717, 1.165) is 24.4 Å². The number of aliphatic imine (C=N–C) groups is 2. The standard InChI is InChI=1S/C15H6Cl2F7N3/c16-7-5-9(17)12-26-13(14(19,20)21,15(22,23)24)25-11(27(12)6-7)8-3-1-2-4-10(8)18/h1-6H.